The number of aryl methyl sites for hydroxylation is 1. The van der Waals surface area contributed by atoms with Crippen molar-refractivity contribution >= 4 is 17.3 Å². The molecule has 2 rings (SSSR count). The molecular weight excluding hydrogens is 311 g/mol. The van der Waals surface area contributed by atoms with Gasteiger partial charge in [-0.3, -0.25) is 0 Å². The summed E-state index contributed by atoms with van der Waals surface area (Å²) >= 11 is 5.90. The summed E-state index contributed by atoms with van der Waals surface area (Å²) in [6, 6.07) is 2.92. The first-order valence-electron chi connectivity index (χ1n) is 5.83. The van der Waals surface area contributed by atoms with Gasteiger partial charge in [0.05, 0.1) is 29.8 Å². The lowest BCUT2D eigenvalue weighted by Gasteiger charge is -2.07. The SMILES string of the molecule is COc1cc(N)c(Cl)cc1-c1nc(CCC(F)(F)F)no1. The quantitative estimate of drug-likeness (QED) is 0.873. The van der Waals surface area contributed by atoms with Gasteiger partial charge in [0.15, 0.2) is 5.82 Å². The molecule has 2 N–H and O–H groups in total. The van der Waals surface area contributed by atoms with Crippen LogP contribution in [0.15, 0.2) is 16.7 Å². The fourth-order valence-corrected chi connectivity index (χ4v) is 1.79. The third-order valence-electron chi connectivity index (χ3n) is 2.65. The lowest BCUT2D eigenvalue weighted by molar-refractivity contribution is -0.134. The van der Waals surface area contributed by atoms with E-state index in [9.17, 15) is 13.2 Å². The Labute approximate surface area is 122 Å². The normalized spacial score (nSPS) is 11.7. The Balaban J connectivity index is 2.27. The van der Waals surface area contributed by atoms with Crippen molar-refractivity contribution in [1.82, 2.24) is 10.1 Å². The van der Waals surface area contributed by atoms with Crippen molar-refractivity contribution in [3.8, 4) is 17.2 Å². The first-order chi connectivity index (χ1) is 9.80. The maximum absolute atomic E-state index is 12.1. The number of methoxy groups -OCH3 is 1. The average Bonchev–Trinajstić information content (AvgIpc) is 2.87. The number of halogens is 4. The third kappa shape index (κ3) is 3.78. The van der Waals surface area contributed by atoms with Gasteiger partial charge in [0.25, 0.3) is 5.89 Å². The summed E-state index contributed by atoms with van der Waals surface area (Å²) in [4.78, 5) is 3.91. The second-order valence-electron chi connectivity index (χ2n) is 4.20. The highest BCUT2D eigenvalue weighted by Gasteiger charge is 2.28. The molecule has 0 saturated heterocycles. The molecule has 2 aromatic rings. The first-order valence-corrected chi connectivity index (χ1v) is 6.20. The summed E-state index contributed by atoms with van der Waals surface area (Å²) in [5.74, 6) is 0.311. The molecule has 1 aromatic heterocycles. The fraction of sp³-hybridized carbons (Fsp3) is 0.333. The van der Waals surface area contributed by atoms with E-state index in [1.54, 1.807) is 0 Å². The number of anilines is 1. The number of rotatable bonds is 4. The van der Waals surface area contributed by atoms with E-state index in [0.29, 0.717) is 17.0 Å². The Kier molecular flexibility index (Phi) is 4.26. The molecule has 0 fully saturated rings. The summed E-state index contributed by atoms with van der Waals surface area (Å²) in [6.07, 6.45) is -5.66. The summed E-state index contributed by atoms with van der Waals surface area (Å²) in [5.41, 5.74) is 6.30. The largest absolute Gasteiger partial charge is 0.496 e. The predicted octanol–water partition coefficient (Wildman–Crippen LogP) is 3.48. The average molecular weight is 322 g/mol. The van der Waals surface area contributed by atoms with Gasteiger partial charge in [-0.2, -0.15) is 18.2 Å². The zero-order chi connectivity index (χ0) is 15.6. The molecule has 0 aliphatic carbocycles. The van der Waals surface area contributed by atoms with E-state index in [1.807, 2.05) is 0 Å². The van der Waals surface area contributed by atoms with Gasteiger partial charge >= 0.3 is 6.18 Å². The van der Waals surface area contributed by atoms with Crippen LogP contribution in [0.5, 0.6) is 5.75 Å². The van der Waals surface area contributed by atoms with Crippen molar-refractivity contribution in [2.24, 2.45) is 0 Å². The second-order valence-corrected chi connectivity index (χ2v) is 4.61. The number of alkyl halides is 3. The lowest BCUT2D eigenvalue weighted by atomic mass is 10.2. The molecule has 0 radical (unpaired) electrons. The van der Waals surface area contributed by atoms with E-state index < -0.39 is 12.6 Å². The molecule has 0 bridgehead atoms. The van der Waals surface area contributed by atoms with E-state index in [0.717, 1.165) is 0 Å². The molecule has 1 heterocycles. The van der Waals surface area contributed by atoms with Crippen LogP contribution in [0.25, 0.3) is 11.5 Å². The van der Waals surface area contributed by atoms with Crippen molar-refractivity contribution in [2.75, 3.05) is 12.8 Å². The maximum atomic E-state index is 12.1. The molecule has 0 unspecified atom stereocenters. The van der Waals surface area contributed by atoms with Crippen LogP contribution in [0.4, 0.5) is 18.9 Å². The summed E-state index contributed by atoms with van der Waals surface area (Å²) in [6.45, 7) is 0. The number of hydrogen-bond acceptors (Lipinski definition) is 5. The van der Waals surface area contributed by atoms with Crippen LogP contribution in [-0.4, -0.2) is 23.4 Å². The van der Waals surface area contributed by atoms with Crippen molar-refractivity contribution < 1.29 is 22.4 Å². The van der Waals surface area contributed by atoms with Gasteiger partial charge in [-0.05, 0) is 6.07 Å². The number of nitrogens with two attached hydrogens (primary N) is 1. The number of hydrogen-bond donors (Lipinski definition) is 1. The van der Waals surface area contributed by atoms with Crippen LogP contribution in [0, 0.1) is 0 Å². The van der Waals surface area contributed by atoms with Gasteiger partial charge in [0.1, 0.15) is 5.75 Å². The van der Waals surface area contributed by atoms with E-state index in [4.69, 9.17) is 26.6 Å². The molecule has 0 spiro atoms. The minimum absolute atomic E-state index is 0.0194. The van der Waals surface area contributed by atoms with E-state index >= 15 is 0 Å². The molecular formula is C12H11ClF3N3O2. The highest BCUT2D eigenvalue weighted by atomic mass is 35.5. The highest BCUT2D eigenvalue weighted by molar-refractivity contribution is 6.33. The molecule has 0 aliphatic rings. The second kappa shape index (κ2) is 5.80. The van der Waals surface area contributed by atoms with Crippen LogP contribution in [0.2, 0.25) is 5.02 Å². The first kappa shape index (κ1) is 15.4. The molecule has 21 heavy (non-hydrogen) atoms. The summed E-state index contributed by atoms with van der Waals surface area (Å²) in [5, 5.41) is 3.76. The fourth-order valence-electron chi connectivity index (χ4n) is 1.62. The Morgan fingerprint density at radius 2 is 2.10 bits per heavy atom. The van der Waals surface area contributed by atoms with E-state index in [1.165, 1.54) is 19.2 Å². The molecule has 9 heteroatoms. The van der Waals surface area contributed by atoms with Gasteiger partial charge < -0.3 is 15.0 Å². The smallest absolute Gasteiger partial charge is 0.389 e. The predicted molar refractivity (Wildman–Crippen MR) is 70.1 cm³/mol. The van der Waals surface area contributed by atoms with Gasteiger partial charge in [0.2, 0.25) is 0 Å². The monoisotopic (exact) mass is 321 g/mol. The number of benzene rings is 1. The van der Waals surface area contributed by atoms with Gasteiger partial charge in [0, 0.05) is 12.5 Å². The minimum atomic E-state index is -4.27. The van der Waals surface area contributed by atoms with Crippen molar-refractivity contribution in [1.29, 1.82) is 0 Å². The minimum Gasteiger partial charge on any atom is -0.496 e. The van der Waals surface area contributed by atoms with E-state index in [2.05, 4.69) is 10.1 Å². The molecule has 1 aromatic carbocycles. The van der Waals surface area contributed by atoms with Gasteiger partial charge in [-0.1, -0.05) is 16.8 Å². The molecule has 5 nitrogen and oxygen atoms in total. The number of nitrogen functional groups attached to an aromatic ring is 1. The van der Waals surface area contributed by atoms with Gasteiger partial charge in [-0.25, -0.2) is 0 Å². The van der Waals surface area contributed by atoms with Gasteiger partial charge in [-0.15, -0.1) is 0 Å². The molecule has 0 saturated carbocycles. The number of aromatic nitrogens is 2. The Hall–Kier alpha value is -1.96. The topological polar surface area (TPSA) is 74.2 Å². The highest BCUT2D eigenvalue weighted by Crippen LogP contribution is 2.35. The zero-order valence-corrected chi connectivity index (χ0v) is 11.6. The van der Waals surface area contributed by atoms with Crippen LogP contribution in [-0.2, 0) is 6.42 Å². The Morgan fingerprint density at radius 3 is 2.71 bits per heavy atom. The molecule has 0 atom stereocenters. The van der Waals surface area contributed by atoms with E-state index in [-0.39, 0.29) is 23.2 Å². The Morgan fingerprint density at radius 1 is 1.38 bits per heavy atom. The van der Waals surface area contributed by atoms with Crippen LogP contribution in [0.3, 0.4) is 0 Å². The molecule has 0 amide bonds. The Bertz CT molecular complexity index is 643. The number of ether oxygens (including phenoxy) is 1. The standard InChI is InChI=1S/C12H11ClF3N3O2/c1-20-9-5-8(17)7(13)4-6(9)11-18-10(19-21-11)2-3-12(14,15)16/h4-5H,2-3,17H2,1H3. The number of nitrogens with zero attached hydrogens (tertiary/aromatic N) is 2. The van der Waals surface area contributed by atoms with Crippen molar-refractivity contribution in [3.05, 3.63) is 23.0 Å². The summed E-state index contributed by atoms with van der Waals surface area (Å²) in [7, 11) is 1.41. The lowest BCUT2D eigenvalue weighted by Crippen LogP contribution is -2.09. The van der Waals surface area contributed by atoms with Crippen LogP contribution < -0.4 is 10.5 Å². The van der Waals surface area contributed by atoms with Crippen molar-refractivity contribution in [2.45, 2.75) is 19.0 Å². The van der Waals surface area contributed by atoms with Crippen molar-refractivity contribution in [3.63, 3.8) is 0 Å². The third-order valence-corrected chi connectivity index (χ3v) is 2.98. The summed E-state index contributed by atoms with van der Waals surface area (Å²) < 4.78 is 46.5. The van der Waals surface area contributed by atoms with Crippen LogP contribution in [0.1, 0.15) is 12.2 Å². The maximum Gasteiger partial charge on any atom is 0.389 e. The zero-order valence-electron chi connectivity index (χ0n) is 10.9. The molecule has 114 valence electrons. The molecule has 0 aliphatic heterocycles. The van der Waals surface area contributed by atoms with Crippen LogP contribution >= 0.6 is 11.6 Å².